The van der Waals surface area contributed by atoms with Gasteiger partial charge in [0.1, 0.15) is 0 Å². The Kier molecular flexibility index (Phi) is 6.25. The molecule has 1 N–H and O–H groups in total. The number of hydrogen-bond acceptors (Lipinski definition) is 5. The summed E-state index contributed by atoms with van der Waals surface area (Å²) in [7, 11) is -3.74. The molecular weight excluding hydrogens is 442 g/mol. The first-order valence-electron chi connectivity index (χ1n) is 10.3. The number of nitrogens with one attached hydrogen (secondary N) is 1. The van der Waals surface area contributed by atoms with Gasteiger partial charge in [-0.25, -0.2) is 13.4 Å². The van der Waals surface area contributed by atoms with Gasteiger partial charge in [0.2, 0.25) is 0 Å². The number of carbonyl (C=O) groups excluding carboxylic acids is 1. The lowest BCUT2D eigenvalue weighted by atomic mass is 10.1. The average molecular weight is 466 g/mol. The largest absolute Gasteiger partial charge is 0.298 e. The summed E-state index contributed by atoms with van der Waals surface area (Å²) < 4.78 is 28.6. The van der Waals surface area contributed by atoms with Gasteiger partial charge in [0.05, 0.1) is 20.8 Å². The van der Waals surface area contributed by atoms with Gasteiger partial charge in [0, 0.05) is 12.1 Å². The molecule has 0 aliphatic rings. The molecule has 0 unspecified atom stereocenters. The van der Waals surface area contributed by atoms with Crippen LogP contribution in [0.25, 0.3) is 10.2 Å². The van der Waals surface area contributed by atoms with Crippen LogP contribution in [0.5, 0.6) is 0 Å². The van der Waals surface area contributed by atoms with Crippen molar-refractivity contribution < 1.29 is 13.2 Å². The second-order valence-electron chi connectivity index (χ2n) is 7.12. The lowest BCUT2D eigenvalue weighted by Crippen LogP contribution is -2.30. The third-order valence-corrected chi connectivity index (χ3v) is 7.99. The maximum atomic E-state index is 13.1. The van der Waals surface area contributed by atoms with Crippen LogP contribution >= 0.6 is 11.3 Å². The molecular formula is C24H23N3O3S2. The van der Waals surface area contributed by atoms with Gasteiger partial charge in [0.15, 0.2) is 5.13 Å². The van der Waals surface area contributed by atoms with E-state index in [-0.39, 0.29) is 10.8 Å². The molecule has 0 aliphatic carbocycles. The van der Waals surface area contributed by atoms with Crippen LogP contribution < -0.4 is 9.62 Å². The number of fused-ring (bicyclic) bond motifs is 1. The predicted molar refractivity (Wildman–Crippen MR) is 130 cm³/mol. The van der Waals surface area contributed by atoms with E-state index in [4.69, 9.17) is 0 Å². The molecule has 0 radical (unpaired) electrons. The number of aryl methyl sites for hydroxylation is 1. The van der Waals surface area contributed by atoms with E-state index in [0.717, 1.165) is 22.2 Å². The average Bonchev–Trinajstić information content (AvgIpc) is 3.22. The minimum absolute atomic E-state index is 0.132. The fourth-order valence-corrected chi connectivity index (χ4v) is 5.89. The highest BCUT2D eigenvalue weighted by Crippen LogP contribution is 2.29. The number of amides is 1. The van der Waals surface area contributed by atoms with E-state index in [2.05, 4.69) is 17.2 Å². The number of benzene rings is 3. The van der Waals surface area contributed by atoms with Crippen LogP contribution in [0.1, 0.15) is 29.8 Å². The van der Waals surface area contributed by atoms with E-state index in [0.29, 0.717) is 22.9 Å². The van der Waals surface area contributed by atoms with Crippen LogP contribution in [-0.4, -0.2) is 25.9 Å². The second kappa shape index (κ2) is 9.10. The highest BCUT2D eigenvalue weighted by molar-refractivity contribution is 7.92. The molecule has 4 aromatic rings. The third kappa shape index (κ3) is 4.24. The van der Waals surface area contributed by atoms with Gasteiger partial charge in [0.25, 0.3) is 15.9 Å². The highest BCUT2D eigenvalue weighted by atomic mass is 32.2. The van der Waals surface area contributed by atoms with Gasteiger partial charge in [-0.1, -0.05) is 48.6 Å². The summed E-state index contributed by atoms with van der Waals surface area (Å²) in [4.78, 5) is 17.4. The van der Waals surface area contributed by atoms with Gasteiger partial charge >= 0.3 is 0 Å². The Morgan fingerprint density at radius 2 is 1.69 bits per heavy atom. The third-order valence-electron chi connectivity index (χ3n) is 5.14. The summed E-state index contributed by atoms with van der Waals surface area (Å²) >= 11 is 1.42. The Balaban J connectivity index is 1.55. The Hall–Kier alpha value is -3.23. The van der Waals surface area contributed by atoms with Crippen LogP contribution in [0.15, 0.2) is 77.7 Å². The fourth-order valence-electron chi connectivity index (χ4n) is 3.50. The van der Waals surface area contributed by atoms with Crippen LogP contribution in [0.3, 0.4) is 0 Å². The molecule has 8 heteroatoms. The van der Waals surface area contributed by atoms with Crippen molar-refractivity contribution in [2.75, 3.05) is 16.2 Å². The monoisotopic (exact) mass is 465 g/mol. The SMILES string of the molecule is CCc1cccc2sc(NC(=O)c3ccc(S(=O)(=O)N(CC)c4ccccc4)cc3)nc12. The van der Waals surface area contributed by atoms with Crippen molar-refractivity contribution in [2.24, 2.45) is 0 Å². The molecule has 4 rings (SSSR count). The summed E-state index contributed by atoms with van der Waals surface area (Å²) in [6, 6.07) is 20.9. The van der Waals surface area contributed by atoms with Crippen LogP contribution in [0.2, 0.25) is 0 Å². The van der Waals surface area contributed by atoms with Crippen molar-refractivity contribution in [3.8, 4) is 0 Å². The van der Waals surface area contributed by atoms with Gasteiger partial charge in [-0.3, -0.25) is 14.4 Å². The van der Waals surface area contributed by atoms with Crippen molar-refractivity contribution in [1.29, 1.82) is 0 Å². The van der Waals surface area contributed by atoms with E-state index in [1.165, 1.54) is 39.9 Å². The molecule has 0 atom stereocenters. The minimum atomic E-state index is -3.74. The molecule has 0 spiro atoms. The van der Waals surface area contributed by atoms with Gasteiger partial charge in [-0.15, -0.1) is 0 Å². The van der Waals surface area contributed by atoms with E-state index >= 15 is 0 Å². The number of nitrogens with zero attached hydrogens (tertiary/aromatic N) is 2. The molecule has 0 saturated heterocycles. The molecule has 164 valence electrons. The van der Waals surface area contributed by atoms with E-state index in [1.807, 2.05) is 24.3 Å². The van der Waals surface area contributed by atoms with Crippen LogP contribution in [0, 0.1) is 0 Å². The second-order valence-corrected chi connectivity index (χ2v) is 10.0. The van der Waals surface area contributed by atoms with Crippen molar-refractivity contribution >= 4 is 48.3 Å². The molecule has 0 bridgehead atoms. The van der Waals surface area contributed by atoms with Crippen LogP contribution in [0.4, 0.5) is 10.8 Å². The Morgan fingerprint density at radius 3 is 2.34 bits per heavy atom. The smallest absolute Gasteiger partial charge is 0.264 e. The summed E-state index contributed by atoms with van der Waals surface area (Å²) in [6.45, 7) is 4.15. The summed E-state index contributed by atoms with van der Waals surface area (Å²) in [6.07, 6.45) is 0.863. The molecule has 1 amide bonds. The van der Waals surface area contributed by atoms with Crippen LogP contribution in [-0.2, 0) is 16.4 Å². The molecule has 32 heavy (non-hydrogen) atoms. The first-order chi connectivity index (χ1) is 15.4. The summed E-state index contributed by atoms with van der Waals surface area (Å²) in [5.41, 5.74) is 2.99. The molecule has 0 aliphatic heterocycles. The maximum Gasteiger partial charge on any atom is 0.264 e. The fraction of sp³-hybridized carbons (Fsp3) is 0.167. The van der Waals surface area contributed by atoms with E-state index in [1.54, 1.807) is 31.2 Å². The molecule has 1 aromatic heterocycles. The topological polar surface area (TPSA) is 79.4 Å². The zero-order valence-electron chi connectivity index (χ0n) is 17.8. The zero-order valence-corrected chi connectivity index (χ0v) is 19.4. The van der Waals surface area contributed by atoms with Crippen molar-refractivity contribution in [3.05, 3.63) is 83.9 Å². The molecule has 3 aromatic carbocycles. The van der Waals surface area contributed by atoms with E-state index < -0.39 is 10.0 Å². The van der Waals surface area contributed by atoms with Gasteiger partial charge in [-0.05, 0) is 61.4 Å². The van der Waals surface area contributed by atoms with Gasteiger partial charge < -0.3 is 0 Å². The normalized spacial score (nSPS) is 11.4. The quantitative estimate of drug-likeness (QED) is 0.400. The number of thiazole rings is 1. The van der Waals surface area contributed by atoms with Gasteiger partial charge in [-0.2, -0.15) is 0 Å². The molecule has 0 saturated carbocycles. The summed E-state index contributed by atoms with van der Waals surface area (Å²) in [5.74, 6) is -0.332. The Bertz CT molecular complexity index is 1350. The molecule has 1 heterocycles. The molecule has 6 nitrogen and oxygen atoms in total. The number of hydrogen-bond donors (Lipinski definition) is 1. The number of sulfonamides is 1. The Labute approximate surface area is 191 Å². The standard InChI is InChI=1S/C24H23N3O3S2/c1-3-17-9-8-12-21-22(17)25-24(31-21)26-23(28)18-13-15-20(16-14-18)32(29,30)27(4-2)19-10-6-5-7-11-19/h5-16H,3-4H2,1-2H3,(H,25,26,28). The number of rotatable bonds is 7. The molecule has 0 fully saturated rings. The summed E-state index contributed by atoms with van der Waals surface area (Å²) in [5, 5.41) is 3.34. The Morgan fingerprint density at radius 1 is 0.969 bits per heavy atom. The predicted octanol–water partition coefficient (Wildman–Crippen LogP) is 5.33. The van der Waals surface area contributed by atoms with E-state index in [9.17, 15) is 13.2 Å². The number of para-hydroxylation sites is 2. The lowest BCUT2D eigenvalue weighted by molar-refractivity contribution is 0.102. The number of aromatic nitrogens is 1. The first kappa shape index (κ1) is 22.0. The number of carbonyl (C=O) groups is 1. The number of anilines is 2. The van der Waals surface area contributed by atoms with Crippen molar-refractivity contribution in [3.63, 3.8) is 0 Å². The van der Waals surface area contributed by atoms with Crippen molar-refractivity contribution in [2.45, 2.75) is 25.2 Å². The highest BCUT2D eigenvalue weighted by Gasteiger charge is 2.23. The maximum absolute atomic E-state index is 13.1. The minimum Gasteiger partial charge on any atom is -0.298 e. The first-order valence-corrected chi connectivity index (χ1v) is 12.6. The zero-order chi connectivity index (χ0) is 22.7. The lowest BCUT2D eigenvalue weighted by Gasteiger charge is -2.22. The van der Waals surface area contributed by atoms with Crippen molar-refractivity contribution in [1.82, 2.24) is 4.98 Å².